The lowest BCUT2D eigenvalue weighted by Crippen LogP contribution is -2.06. The van der Waals surface area contributed by atoms with E-state index in [1.807, 2.05) is 12.2 Å². The maximum atomic E-state index is 5.45. The first-order chi connectivity index (χ1) is 4.86. The van der Waals surface area contributed by atoms with Gasteiger partial charge in [0.2, 0.25) is 0 Å². The number of hydrogen-bond acceptors (Lipinski definition) is 2. The number of methoxy groups -OCH3 is 1. The Morgan fingerprint density at radius 2 is 2.30 bits per heavy atom. The summed E-state index contributed by atoms with van der Waals surface area (Å²) in [7, 11) is 1.70. The number of ether oxygens (including phenoxy) is 1. The Labute approximate surface area is 61.4 Å². The quantitative estimate of drug-likeness (QED) is 0.623. The van der Waals surface area contributed by atoms with E-state index in [0.29, 0.717) is 6.54 Å². The molecule has 0 bridgehead atoms. The van der Waals surface area contributed by atoms with Gasteiger partial charge >= 0.3 is 0 Å². The highest BCUT2D eigenvalue weighted by atomic mass is 16.5. The fourth-order valence-corrected chi connectivity index (χ4v) is 1.00. The van der Waals surface area contributed by atoms with Gasteiger partial charge in [-0.2, -0.15) is 0 Å². The van der Waals surface area contributed by atoms with E-state index in [4.69, 9.17) is 10.5 Å². The van der Waals surface area contributed by atoms with Crippen molar-refractivity contribution in [3.8, 4) is 0 Å². The van der Waals surface area contributed by atoms with Crippen molar-refractivity contribution < 1.29 is 4.74 Å². The first kappa shape index (κ1) is 7.35. The molecular formula is C8H13NO. The third kappa shape index (κ3) is 1.61. The number of allylic oxidation sites excluding steroid dienone is 3. The zero-order chi connectivity index (χ0) is 7.40. The Balaban J connectivity index is 2.55. The van der Waals surface area contributed by atoms with Crippen LogP contribution in [0, 0.1) is 0 Å². The highest BCUT2D eigenvalue weighted by molar-refractivity contribution is 5.21. The average molecular weight is 139 g/mol. The summed E-state index contributed by atoms with van der Waals surface area (Å²) in [6.07, 6.45) is 6.09. The molecule has 0 atom stereocenters. The zero-order valence-corrected chi connectivity index (χ0v) is 6.26. The Kier molecular flexibility index (Phi) is 2.51. The molecule has 0 spiro atoms. The first-order valence-electron chi connectivity index (χ1n) is 3.49. The van der Waals surface area contributed by atoms with E-state index in [1.54, 1.807) is 7.11 Å². The molecule has 0 amide bonds. The van der Waals surface area contributed by atoms with Gasteiger partial charge in [0.1, 0.15) is 0 Å². The Bertz CT molecular complexity index is 150. The van der Waals surface area contributed by atoms with Gasteiger partial charge in [-0.3, -0.25) is 0 Å². The van der Waals surface area contributed by atoms with Crippen LogP contribution in [-0.4, -0.2) is 13.7 Å². The van der Waals surface area contributed by atoms with Crippen molar-refractivity contribution in [2.24, 2.45) is 5.73 Å². The Morgan fingerprint density at radius 1 is 1.50 bits per heavy atom. The summed E-state index contributed by atoms with van der Waals surface area (Å²) >= 11 is 0. The molecule has 2 heteroatoms. The predicted octanol–water partition coefficient (Wildman–Crippen LogP) is 1.20. The molecular weight excluding hydrogens is 126 g/mol. The molecule has 0 radical (unpaired) electrons. The van der Waals surface area contributed by atoms with Crippen LogP contribution in [0.4, 0.5) is 0 Å². The molecule has 1 rings (SSSR count). The number of rotatable bonds is 2. The predicted molar refractivity (Wildman–Crippen MR) is 41.5 cm³/mol. The summed E-state index contributed by atoms with van der Waals surface area (Å²) in [5.41, 5.74) is 6.76. The fraction of sp³-hybridized carbons (Fsp3) is 0.500. The van der Waals surface area contributed by atoms with E-state index < -0.39 is 0 Å². The van der Waals surface area contributed by atoms with Crippen molar-refractivity contribution in [2.45, 2.75) is 12.8 Å². The second-order valence-corrected chi connectivity index (χ2v) is 2.37. The lowest BCUT2D eigenvalue weighted by atomic mass is 10.0. The standard InChI is InChI=1S/C8H13NO/c1-10-8-4-2-7(6-9)3-5-8/h2,4H,3,5-6,9H2,1H3. The molecule has 1 aliphatic carbocycles. The molecule has 56 valence electrons. The van der Waals surface area contributed by atoms with Crippen molar-refractivity contribution in [2.75, 3.05) is 13.7 Å². The van der Waals surface area contributed by atoms with Gasteiger partial charge in [-0.05, 0) is 12.5 Å². The van der Waals surface area contributed by atoms with Gasteiger partial charge in [0.05, 0.1) is 12.9 Å². The molecule has 0 aromatic rings. The summed E-state index contributed by atoms with van der Waals surface area (Å²) in [4.78, 5) is 0. The Morgan fingerprint density at radius 3 is 2.70 bits per heavy atom. The van der Waals surface area contributed by atoms with Crippen LogP contribution < -0.4 is 5.73 Å². The smallest absolute Gasteiger partial charge is 0.0958 e. The van der Waals surface area contributed by atoms with Gasteiger partial charge in [0.25, 0.3) is 0 Å². The summed E-state index contributed by atoms with van der Waals surface area (Å²) in [6, 6.07) is 0. The van der Waals surface area contributed by atoms with Crippen molar-refractivity contribution in [3.63, 3.8) is 0 Å². The van der Waals surface area contributed by atoms with Crippen LogP contribution in [0.3, 0.4) is 0 Å². The molecule has 0 aromatic heterocycles. The molecule has 0 saturated carbocycles. The highest BCUT2D eigenvalue weighted by Gasteiger charge is 2.03. The monoisotopic (exact) mass is 139 g/mol. The van der Waals surface area contributed by atoms with Crippen LogP contribution in [0.25, 0.3) is 0 Å². The Hall–Kier alpha value is -0.760. The maximum Gasteiger partial charge on any atom is 0.0958 e. The highest BCUT2D eigenvalue weighted by Crippen LogP contribution is 2.16. The van der Waals surface area contributed by atoms with Crippen LogP contribution >= 0.6 is 0 Å². The van der Waals surface area contributed by atoms with Crippen molar-refractivity contribution in [1.82, 2.24) is 0 Å². The molecule has 1 aliphatic rings. The van der Waals surface area contributed by atoms with E-state index in [-0.39, 0.29) is 0 Å². The minimum Gasteiger partial charge on any atom is -0.501 e. The van der Waals surface area contributed by atoms with Gasteiger partial charge in [-0.1, -0.05) is 11.6 Å². The summed E-state index contributed by atoms with van der Waals surface area (Å²) in [5.74, 6) is 1.05. The van der Waals surface area contributed by atoms with Crippen molar-refractivity contribution >= 4 is 0 Å². The molecule has 0 saturated heterocycles. The number of hydrogen-bond donors (Lipinski definition) is 1. The molecule has 0 unspecified atom stereocenters. The first-order valence-corrected chi connectivity index (χ1v) is 3.49. The van der Waals surface area contributed by atoms with E-state index in [9.17, 15) is 0 Å². The van der Waals surface area contributed by atoms with Crippen LogP contribution in [0.1, 0.15) is 12.8 Å². The SMILES string of the molecule is COC1=CC=C(CN)CC1. The second-order valence-electron chi connectivity index (χ2n) is 2.37. The number of nitrogens with two attached hydrogens (primary N) is 1. The van der Waals surface area contributed by atoms with Crippen LogP contribution in [0.5, 0.6) is 0 Å². The summed E-state index contributed by atoms with van der Waals surface area (Å²) in [6.45, 7) is 0.674. The summed E-state index contributed by atoms with van der Waals surface area (Å²) < 4.78 is 5.06. The molecule has 0 heterocycles. The van der Waals surface area contributed by atoms with Gasteiger partial charge in [-0.25, -0.2) is 0 Å². The van der Waals surface area contributed by atoms with Gasteiger partial charge in [0.15, 0.2) is 0 Å². The fourth-order valence-electron chi connectivity index (χ4n) is 1.00. The van der Waals surface area contributed by atoms with Crippen molar-refractivity contribution in [3.05, 3.63) is 23.5 Å². The third-order valence-electron chi connectivity index (χ3n) is 1.72. The van der Waals surface area contributed by atoms with Crippen LogP contribution in [0.2, 0.25) is 0 Å². The topological polar surface area (TPSA) is 35.2 Å². The van der Waals surface area contributed by atoms with E-state index in [1.165, 1.54) is 5.57 Å². The largest absolute Gasteiger partial charge is 0.501 e. The molecule has 2 N–H and O–H groups in total. The molecule has 0 aromatic carbocycles. The van der Waals surface area contributed by atoms with Gasteiger partial charge in [0, 0.05) is 13.0 Å². The second kappa shape index (κ2) is 3.42. The minimum atomic E-state index is 0.674. The molecule has 0 fully saturated rings. The maximum absolute atomic E-state index is 5.45. The summed E-state index contributed by atoms with van der Waals surface area (Å²) in [5, 5.41) is 0. The van der Waals surface area contributed by atoms with E-state index >= 15 is 0 Å². The third-order valence-corrected chi connectivity index (χ3v) is 1.72. The van der Waals surface area contributed by atoms with Crippen LogP contribution in [0.15, 0.2) is 23.5 Å². The van der Waals surface area contributed by atoms with Crippen molar-refractivity contribution in [1.29, 1.82) is 0 Å². The molecule has 10 heavy (non-hydrogen) atoms. The minimum absolute atomic E-state index is 0.674. The van der Waals surface area contributed by atoms with Gasteiger partial charge < -0.3 is 10.5 Å². The van der Waals surface area contributed by atoms with E-state index in [0.717, 1.165) is 18.6 Å². The molecule has 0 aliphatic heterocycles. The van der Waals surface area contributed by atoms with Gasteiger partial charge in [-0.15, -0.1) is 0 Å². The normalized spacial score (nSPS) is 17.8. The van der Waals surface area contributed by atoms with Crippen LogP contribution in [-0.2, 0) is 4.74 Å². The average Bonchev–Trinajstić information content (AvgIpc) is 2.05. The lowest BCUT2D eigenvalue weighted by molar-refractivity contribution is 0.275. The molecule has 2 nitrogen and oxygen atoms in total. The van der Waals surface area contributed by atoms with E-state index in [2.05, 4.69) is 0 Å². The lowest BCUT2D eigenvalue weighted by Gasteiger charge is -2.11. The zero-order valence-electron chi connectivity index (χ0n) is 6.26.